The second-order valence-electron chi connectivity index (χ2n) is 9.96. The summed E-state index contributed by atoms with van der Waals surface area (Å²) >= 11 is 0. The van der Waals surface area contributed by atoms with Gasteiger partial charge in [0.15, 0.2) is 0 Å². The number of hydrogen-bond donors (Lipinski definition) is 0. The Morgan fingerprint density at radius 3 is 0.686 bits per heavy atom. The maximum Gasteiger partial charge on any atom is 0.00413 e. The van der Waals surface area contributed by atoms with Crippen molar-refractivity contribution in [3.8, 4) is 0 Å². The van der Waals surface area contributed by atoms with Crippen LogP contribution in [0.25, 0.3) is 0 Å². The minimum atomic E-state index is -0.542. The molecule has 0 spiro atoms. The Balaban J connectivity index is 2.02. The van der Waals surface area contributed by atoms with Gasteiger partial charge in [0.1, 0.15) is 0 Å². The molecule has 0 aliphatic carbocycles. The van der Waals surface area contributed by atoms with Gasteiger partial charge in [-0.3, -0.25) is 0 Å². The summed E-state index contributed by atoms with van der Waals surface area (Å²) in [5, 5.41) is 6.30. The number of benzene rings is 4. The molecule has 0 aromatic heterocycles. The fourth-order valence-electron chi connectivity index (χ4n) is 5.57. The molecule has 0 aliphatic rings. The maximum atomic E-state index is 2.31. The van der Waals surface area contributed by atoms with Crippen molar-refractivity contribution < 1.29 is 0 Å². The van der Waals surface area contributed by atoms with Gasteiger partial charge in [-0.2, -0.15) is 0 Å². The van der Waals surface area contributed by atoms with Gasteiger partial charge in [-0.1, -0.05) is 72.8 Å². The van der Waals surface area contributed by atoms with Crippen LogP contribution in [0.15, 0.2) is 72.8 Å². The van der Waals surface area contributed by atoms with E-state index in [4.69, 9.17) is 0 Å². The fourth-order valence-corrected chi connectivity index (χ4v) is 13.4. The van der Waals surface area contributed by atoms with Crippen LogP contribution < -0.4 is 21.2 Å². The monoisotopic (exact) mass is 496 g/mol. The molecule has 0 radical (unpaired) electrons. The normalized spacial score (nSPS) is 11.5. The molecule has 4 rings (SSSR count). The molecule has 0 fully saturated rings. The summed E-state index contributed by atoms with van der Waals surface area (Å²) < 4.78 is 0. The molecule has 0 saturated carbocycles. The Hall–Kier alpha value is -2.26. The summed E-state index contributed by atoms with van der Waals surface area (Å²) in [6, 6.07) is 27.3. The van der Waals surface area contributed by atoms with Crippen molar-refractivity contribution in [3.63, 3.8) is 0 Å². The van der Waals surface area contributed by atoms with Gasteiger partial charge in [-0.25, -0.2) is 0 Å². The molecule has 0 saturated heterocycles. The van der Waals surface area contributed by atoms with Crippen LogP contribution in [0.2, 0.25) is 0 Å². The van der Waals surface area contributed by atoms with Crippen LogP contribution in [0.1, 0.15) is 44.5 Å². The van der Waals surface area contributed by atoms with Gasteiger partial charge in [0.05, 0.1) is 0 Å². The molecule has 0 nitrogen and oxygen atoms in total. The highest BCUT2D eigenvalue weighted by Crippen LogP contribution is 2.52. The van der Waals surface area contributed by atoms with E-state index in [0.29, 0.717) is 0 Å². The van der Waals surface area contributed by atoms with Crippen LogP contribution in [-0.4, -0.2) is 5.90 Å². The number of aryl methyl sites for hydroxylation is 8. The average molecular weight is 497 g/mol. The zero-order valence-electron chi connectivity index (χ0n) is 22.5. The van der Waals surface area contributed by atoms with Crippen molar-refractivity contribution in [2.75, 3.05) is 5.90 Å². The van der Waals surface area contributed by atoms with E-state index in [2.05, 4.69) is 128 Å². The van der Waals surface area contributed by atoms with Crippen LogP contribution in [0, 0.1) is 55.4 Å². The lowest BCUT2D eigenvalue weighted by molar-refractivity contribution is 1.41. The van der Waals surface area contributed by atoms with E-state index < -0.39 is 15.8 Å². The van der Waals surface area contributed by atoms with E-state index in [9.17, 15) is 0 Å². The standard InChI is InChI=1S/C33H38P2/c1-22-13-9-14-23(2)30(22)34(31-24(3)15-10-16-25(31)4)21-35(32-26(5)17-11-18-27(32)6)33-28(7)19-12-20-29(33)8/h9-20H,21H2,1-8H3. The fraction of sp³-hybridized carbons (Fsp3) is 0.273. The molecule has 180 valence electrons. The van der Waals surface area contributed by atoms with Crippen LogP contribution >= 0.6 is 15.8 Å². The van der Waals surface area contributed by atoms with E-state index in [1.54, 1.807) is 21.2 Å². The van der Waals surface area contributed by atoms with Crippen LogP contribution in [0.5, 0.6) is 0 Å². The first-order valence-electron chi connectivity index (χ1n) is 12.5. The molecular formula is C33H38P2. The summed E-state index contributed by atoms with van der Waals surface area (Å²) in [5.41, 5.74) is 11.4. The largest absolute Gasteiger partial charge is 0.0617 e. The Labute approximate surface area is 215 Å². The molecule has 0 unspecified atom stereocenters. The van der Waals surface area contributed by atoms with Gasteiger partial charge in [-0.05, 0) is 137 Å². The third kappa shape index (κ3) is 5.16. The summed E-state index contributed by atoms with van der Waals surface area (Å²) in [5.74, 6) is 1.18. The smallest absolute Gasteiger partial charge is 0.00413 e. The first-order chi connectivity index (χ1) is 16.7. The van der Waals surface area contributed by atoms with Crippen LogP contribution in [0.3, 0.4) is 0 Å². The minimum absolute atomic E-state index is 0.542. The number of rotatable bonds is 6. The van der Waals surface area contributed by atoms with E-state index in [-0.39, 0.29) is 0 Å². The topological polar surface area (TPSA) is 0 Å². The van der Waals surface area contributed by atoms with Crippen LogP contribution in [0.4, 0.5) is 0 Å². The summed E-state index contributed by atoms with van der Waals surface area (Å²) in [4.78, 5) is 0. The van der Waals surface area contributed by atoms with Gasteiger partial charge in [0.2, 0.25) is 0 Å². The van der Waals surface area contributed by atoms with Crippen LogP contribution in [-0.2, 0) is 0 Å². The van der Waals surface area contributed by atoms with Gasteiger partial charge in [-0.15, -0.1) is 0 Å². The van der Waals surface area contributed by atoms with Crippen molar-refractivity contribution in [1.82, 2.24) is 0 Å². The molecule has 0 N–H and O–H groups in total. The molecule has 4 aromatic rings. The molecular weight excluding hydrogens is 458 g/mol. The van der Waals surface area contributed by atoms with Gasteiger partial charge < -0.3 is 0 Å². The minimum Gasteiger partial charge on any atom is -0.0617 e. The van der Waals surface area contributed by atoms with Gasteiger partial charge in [0.25, 0.3) is 0 Å². The van der Waals surface area contributed by atoms with Crippen molar-refractivity contribution >= 4 is 37.1 Å². The first kappa shape index (κ1) is 25.8. The maximum absolute atomic E-state index is 2.31. The SMILES string of the molecule is Cc1cccc(C)c1P(CP(c1c(C)cccc1C)c1c(C)cccc1C)c1c(C)cccc1C. The Bertz CT molecular complexity index is 1080. The summed E-state index contributed by atoms with van der Waals surface area (Å²) in [6.45, 7) is 18.5. The average Bonchev–Trinajstić information content (AvgIpc) is 2.78. The molecule has 4 aromatic carbocycles. The highest BCUT2D eigenvalue weighted by molar-refractivity contribution is 7.88. The molecule has 0 heterocycles. The molecule has 0 atom stereocenters. The second kappa shape index (κ2) is 10.8. The third-order valence-corrected chi connectivity index (χ3v) is 14.4. The Kier molecular flexibility index (Phi) is 7.96. The quantitative estimate of drug-likeness (QED) is 0.240. The Morgan fingerprint density at radius 1 is 0.343 bits per heavy atom. The van der Waals surface area contributed by atoms with Crippen molar-refractivity contribution in [3.05, 3.63) is 117 Å². The van der Waals surface area contributed by atoms with Crippen molar-refractivity contribution in [1.29, 1.82) is 0 Å². The van der Waals surface area contributed by atoms with E-state index in [1.165, 1.54) is 50.4 Å². The lowest BCUT2D eigenvalue weighted by Crippen LogP contribution is -2.28. The van der Waals surface area contributed by atoms with Crippen molar-refractivity contribution in [2.24, 2.45) is 0 Å². The molecule has 0 amide bonds. The lowest BCUT2D eigenvalue weighted by Gasteiger charge is -2.33. The summed E-state index contributed by atoms with van der Waals surface area (Å²) in [7, 11) is -1.08. The highest BCUT2D eigenvalue weighted by atomic mass is 31.2. The molecule has 2 heteroatoms. The van der Waals surface area contributed by atoms with E-state index in [1.807, 2.05) is 0 Å². The lowest BCUT2D eigenvalue weighted by atomic mass is 10.1. The highest BCUT2D eigenvalue weighted by Gasteiger charge is 2.29. The van der Waals surface area contributed by atoms with Gasteiger partial charge >= 0.3 is 0 Å². The predicted octanol–water partition coefficient (Wildman–Crippen LogP) is 7.68. The molecule has 35 heavy (non-hydrogen) atoms. The summed E-state index contributed by atoms with van der Waals surface area (Å²) in [6.07, 6.45) is 0. The predicted molar refractivity (Wildman–Crippen MR) is 161 cm³/mol. The van der Waals surface area contributed by atoms with E-state index >= 15 is 0 Å². The third-order valence-electron chi connectivity index (χ3n) is 7.12. The zero-order valence-corrected chi connectivity index (χ0v) is 24.3. The zero-order chi connectivity index (χ0) is 25.3. The van der Waals surface area contributed by atoms with Gasteiger partial charge in [0, 0.05) is 5.90 Å². The second-order valence-corrected chi connectivity index (χ2v) is 14.6. The molecule has 0 bridgehead atoms. The van der Waals surface area contributed by atoms with Crippen molar-refractivity contribution in [2.45, 2.75) is 55.4 Å². The number of hydrogen-bond acceptors (Lipinski definition) is 0. The molecule has 0 aliphatic heterocycles. The first-order valence-corrected chi connectivity index (χ1v) is 15.6. The Morgan fingerprint density at radius 2 is 0.514 bits per heavy atom. The van der Waals surface area contributed by atoms with E-state index in [0.717, 1.165) is 0 Å².